The molecule has 1 atom stereocenters. The van der Waals surface area contributed by atoms with E-state index in [1.54, 1.807) is 24.3 Å². The van der Waals surface area contributed by atoms with Gasteiger partial charge in [-0.2, -0.15) is 0 Å². The zero-order valence-corrected chi connectivity index (χ0v) is 15.9. The summed E-state index contributed by atoms with van der Waals surface area (Å²) >= 11 is 0. The number of para-hydroxylation sites is 2. The van der Waals surface area contributed by atoms with Crippen molar-refractivity contribution in [3.05, 3.63) is 106 Å². The molecule has 0 radical (unpaired) electrons. The second kappa shape index (κ2) is 7.53. The molecule has 0 saturated heterocycles. The number of carbonyl (C=O) groups is 2. The molecule has 30 heavy (non-hydrogen) atoms. The summed E-state index contributed by atoms with van der Waals surface area (Å²) in [5, 5.41) is 22.6. The monoisotopic (exact) mass is 402 g/mol. The minimum atomic E-state index is -2.09. The Morgan fingerprint density at radius 2 is 1.60 bits per heavy atom. The van der Waals surface area contributed by atoms with Crippen LogP contribution in [0.3, 0.4) is 0 Å². The Balaban J connectivity index is 1.70. The minimum absolute atomic E-state index is 0.136. The van der Waals surface area contributed by atoms with Gasteiger partial charge in [-0.25, -0.2) is 0 Å². The fourth-order valence-corrected chi connectivity index (χ4v) is 3.80. The molecule has 1 aliphatic heterocycles. The summed E-state index contributed by atoms with van der Waals surface area (Å²) < 4.78 is 0. The van der Waals surface area contributed by atoms with Crippen LogP contribution in [0.15, 0.2) is 78.9 Å². The first-order chi connectivity index (χ1) is 14.4. The highest BCUT2D eigenvalue weighted by Gasteiger charge is 2.51. The topological polar surface area (TPSA) is 101 Å². The van der Waals surface area contributed by atoms with Gasteiger partial charge >= 0.3 is 0 Å². The van der Waals surface area contributed by atoms with Crippen molar-refractivity contribution in [3.63, 3.8) is 0 Å². The largest absolute Gasteiger partial charge is 0.375 e. The van der Waals surface area contributed by atoms with Crippen LogP contribution in [0.4, 0.5) is 11.4 Å². The van der Waals surface area contributed by atoms with Crippen molar-refractivity contribution in [1.29, 1.82) is 0 Å². The quantitative estimate of drug-likeness (QED) is 0.386. The lowest BCUT2D eigenvalue weighted by Gasteiger charge is -2.23. The van der Waals surface area contributed by atoms with E-state index in [0.717, 1.165) is 5.56 Å². The van der Waals surface area contributed by atoms with Crippen LogP contribution >= 0.6 is 0 Å². The molecule has 0 unspecified atom stereocenters. The van der Waals surface area contributed by atoms with Gasteiger partial charge in [-0.15, -0.1) is 0 Å². The number of fused-ring (bicyclic) bond motifs is 1. The molecule has 7 heteroatoms. The second-order valence-electron chi connectivity index (χ2n) is 7.13. The van der Waals surface area contributed by atoms with Crippen LogP contribution in [0.1, 0.15) is 27.9 Å². The molecule has 1 heterocycles. The lowest BCUT2D eigenvalue weighted by Crippen LogP contribution is -2.41. The van der Waals surface area contributed by atoms with E-state index >= 15 is 0 Å². The fourth-order valence-electron chi connectivity index (χ4n) is 3.80. The third kappa shape index (κ3) is 3.25. The highest BCUT2D eigenvalue weighted by atomic mass is 16.6. The van der Waals surface area contributed by atoms with Crippen LogP contribution in [0.2, 0.25) is 0 Å². The maximum Gasteiger partial charge on any atom is 0.280 e. The molecule has 0 aliphatic carbocycles. The Hall–Kier alpha value is -3.84. The van der Waals surface area contributed by atoms with Gasteiger partial charge in [-0.05, 0) is 17.7 Å². The number of ketones is 1. The molecule has 7 nitrogen and oxygen atoms in total. The predicted octanol–water partition coefficient (Wildman–Crippen LogP) is 3.60. The molecule has 1 amide bonds. The molecule has 1 N–H and O–H groups in total. The van der Waals surface area contributed by atoms with Crippen LogP contribution in [0.5, 0.6) is 0 Å². The first kappa shape index (κ1) is 19.5. The summed E-state index contributed by atoms with van der Waals surface area (Å²) in [6.07, 6.45) is -0.584. The van der Waals surface area contributed by atoms with Crippen molar-refractivity contribution in [2.45, 2.75) is 18.6 Å². The third-order valence-corrected chi connectivity index (χ3v) is 5.24. The number of nitro benzene ring substituents is 1. The van der Waals surface area contributed by atoms with E-state index in [9.17, 15) is 24.8 Å². The molecule has 0 saturated carbocycles. The van der Waals surface area contributed by atoms with Crippen molar-refractivity contribution in [1.82, 2.24) is 0 Å². The maximum absolute atomic E-state index is 13.3. The van der Waals surface area contributed by atoms with Crippen LogP contribution in [0, 0.1) is 10.1 Å². The number of carbonyl (C=O) groups excluding carboxylic acids is 2. The molecule has 3 aromatic rings. The summed E-state index contributed by atoms with van der Waals surface area (Å²) in [6.45, 7) is 0.235. The highest BCUT2D eigenvalue weighted by molar-refractivity contribution is 6.11. The lowest BCUT2D eigenvalue weighted by atomic mass is 9.88. The van der Waals surface area contributed by atoms with Gasteiger partial charge in [0.15, 0.2) is 11.4 Å². The zero-order valence-electron chi connectivity index (χ0n) is 15.9. The first-order valence-electron chi connectivity index (χ1n) is 9.36. The minimum Gasteiger partial charge on any atom is -0.375 e. The molecule has 0 aromatic heterocycles. The third-order valence-electron chi connectivity index (χ3n) is 5.24. The van der Waals surface area contributed by atoms with Crippen molar-refractivity contribution in [2.75, 3.05) is 4.90 Å². The van der Waals surface area contributed by atoms with Crippen molar-refractivity contribution < 1.29 is 19.6 Å². The number of benzene rings is 3. The van der Waals surface area contributed by atoms with E-state index in [2.05, 4.69) is 0 Å². The van der Waals surface area contributed by atoms with E-state index in [-0.39, 0.29) is 17.8 Å². The van der Waals surface area contributed by atoms with Gasteiger partial charge in [-0.1, -0.05) is 60.7 Å². The Bertz CT molecular complexity index is 1150. The van der Waals surface area contributed by atoms with Crippen LogP contribution in [-0.2, 0) is 16.9 Å². The van der Waals surface area contributed by atoms with Gasteiger partial charge in [0.1, 0.15) is 0 Å². The van der Waals surface area contributed by atoms with Crippen molar-refractivity contribution in [2.24, 2.45) is 0 Å². The molecule has 4 rings (SSSR count). The summed E-state index contributed by atoms with van der Waals surface area (Å²) in [5.41, 5.74) is -0.877. The van der Waals surface area contributed by atoms with Crippen LogP contribution < -0.4 is 4.90 Å². The number of hydrogen-bond donors (Lipinski definition) is 1. The number of amides is 1. The van der Waals surface area contributed by atoms with Gasteiger partial charge < -0.3 is 10.0 Å². The number of nitro groups is 1. The van der Waals surface area contributed by atoms with Crippen LogP contribution in [-0.4, -0.2) is 21.7 Å². The molecule has 150 valence electrons. The zero-order chi connectivity index (χ0) is 21.3. The summed E-state index contributed by atoms with van der Waals surface area (Å²) in [5.74, 6) is -1.30. The van der Waals surface area contributed by atoms with Crippen LogP contribution in [0.25, 0.3) is 0 Å². The molecule has 3 aromatic carbocycles. The second-order valence-corrected chi connectivity index (χ2v) is 7.13. The van der Waals surface area contributed by atoms with Gasteiger partial charge in [0.05, 0.1) is 29.1 Å². The molecule has 0 bridgehead atoms. The molecule has 0 spiro atoms. The van der Waals surface area contributed by atoms with E-state index in [1.165, 1.54) is 29.2 Å². The Kier molecular flexibility index (Phi) is 4.89. The van der Waals surface area contributed by atoms with Crippen molar-refractivity contribution in [3.8, 4) is 0 Å². The normalized spacial score (nSPS) is 17.6. The standard InChI is InChI=1S/C23H18N2O5/c26-21(17-10-4-6-12-19(17)25(29)30)14-23(28)18-11-5-7-13-20(18)24(22(23)27)15-16-8-2-1-3-9-16/h1-13,28H,14-15H2/t23-/m1/s1. The van der Waals surface area contributed by atoms with E-state index < -0.39 is 28.6 Å². The molecular formula is C23H18N2O5. The summed E-state index contributed by atoms with van der Waals surface area (Å²) in [6, 6.07) is 21.6. The Morgan fingerprint density at radius 1 is 0.967 bits per heavy atom. The molecule has 1 aliphatic rings. The number of nitrogens with zero attached hydrogens (tertiary/aromatic N) is 2. The van der Waals surface area contributed by atoms with Gasteiger partial charge in [0, 0.05) is 11.6 Å². The van der Waals surface area contributed by atoms with Gasteiger partial charge in [0.2, 0.25) is 0 Å². The predicted molar refractivity (Wildman–Crippen MR) is 110 cm³/mol. The van der Waals surface area contributed by atoms with E-state index in [0.29, 0.717) is 11.3 Å². The Morgan fingerprint density at radius 3 is 2.33 bits per heavy atom. The Labute approximate surface area is 172 Å². The number of aliphatic hydroxyl groups is 1. The van der Waals surface area contributed by atoms with E-state index in [1.807, 2.05) is 30.3 Å². The van der Waals surface area contributed by atoms with Gasteiger partial charge in [-0.3, -0.25) is 19.7 Å². The number of hydrogen-bond acceptors (Lipinski definition) is 5. The SMILES string of the molecule is O=C(C[C@]1(O)C(=O)N(Cc2ccccc2)c2ccccc21)c1ccccc1[N+](=O)[O-]. The summed E-state index contributed by atoms with van der Waals surface area (Å²) in [7, 11) is 0. The highest BCUT2D eigenvalue weighted by Crippen LogP contribution is 2.43. The molecule has 0 fully saturated rings. The molecular weight excluding hydrogens is 384 g/mol. The fraction of sp³-hybridized carbons (Fsp3) is 0.130. The average Bonchev–Trinajstić information content (AvgIpc) is 2.96. The van der Waals surface area contributed by atoms with Crippen molar-refractivity contribution >= 4 is 23.1 Å². The lowest BCUT2D eigenvalue weighted by molar-refractivity contribution is -0.385. The average molecular weight is 402 g/mol. The maximum atomic E-state index is 13.3. The number of anilines is 1. The van der Waals surface area contributed by atoms with Gasteiger partial charge in [0.25, 0.3) is 11.6 Å². The number of rotatable bonds is 6. The number of Topliss-reactive ketones (excluding diaryl/α,β-unsaturated/α-hetero) is 1. The summed E-state index contributed by atoms with van der Waals surface area (Å²) in [4.78, 5) is 38.2. The smallest absolute Gasteiger partial charge is 0.280 e. The first-order valence-corrected chi connectivity index (χ1v) is 9.36. The van der Waals surface area contributed by atoms with E-state index in [4.69, 9.17) is 0 Å².